The van der Waals surface area contributed by atoms with Crippen LogP contribution in [0.15, 0.2) is 207 Å². The molecule has 0 amide bonds. The summed E-state index contributed by atoms with van der Waals surface area (Å²) in [4.78, 5) is 36.4. The number of aryl methyl sites for hydroxylation is 3. The quantitative estimate of drug-likeness (QED) is 0.0315. The van der Waals surface area contributed by atoms with Gasteiger partial charge in [0.15, 0.2) is 29.1 Å². The molecule has 0 spiro atoms. The maximum absolute atomic E-state index is 12.8. The largest absolute Gasteiger partial charge is 0.594 e. The second kappa shape index (κ2) is 31.0. The van der Waals surface area contributed by atoms with E-state index in [0.717, 1.165) is 128 Å². The van der Waals surface area contributed by atoms with E-state index in [9.17, 15) is 44.7 Å². The summed E-state index contributed by atoms with van der Waals surface area (Å²) >= 11 is 0. The van der Waals surface area contributed by atoms with Gasteiger partial charge in [0.1, 0.15) is 29.0 Å². The molecule has 1 aliphatic carbocycles. The molecular formula is C75H61F9N26O2. The number of hydrogen-bond donors (Lipinski definition) is 6. The van der Waals surface area contributed by atoms with Crippen LogP contribution in [-0.4, -0.2) is 101 Å². The Kier molecular flexibility index (Phi) is 20.5. The van der Waals surface area contributed by atoms with Crippen molar-refractivity contribution in [2.24, 2.45) is 0 Å². The second-order valence-corrected chi connectivity index (χ2v) is 24.9. The predicted molar refractivity (Wildman–Crippen MR) is 399 cm³/mol. The van der Waals surface area contributed by atoms with E-state index in [4.69, 9.17) is 16.2 Å². The van der Waals surface area contributed by atoms with E-state index in [2.05, 4.69) is 96.8 Å². The molecule has 28 nitrogen and oxygen atoms in total. The van der Waals surface area contributed by atoms with E-state index in [0.29, 0.717) is 45.9 Å². The molecule has 0 aliphatic heterocycles. The monoisotopic (exact) mass is 1530 g/mol. The molecule has 112 heavy (non-hydrogen) atoms. The van der Waals surface area contributed by atoms with Crippen LogP contribution in [-0.2, 0) is 24.9 Å². The molecule has 1 fully saturated rings. The number of para-hydroxylation sites is 8. The van der Waals surface area contributed by atoms with Gasteiger partial charge < -0.3 is 42.7 Å². The number of methoxy groups -OCH3 is 1. The average molecular weight is 1530 g/mol. The number of fused-ring (bicyclic) bond motifs is 4. The number of rotatable bonds is 15. The number of hydrogen-bond acceptors (Lipinski definition) is 23. The molecule has 17 rings (SSSR count). The zero-order valence-electron chi connectivity index (χ0n) is 59.1. The van der Waals surface area contributed by atoms with Gasteiger partial charge in [-0.1, -0.05) is 60.3 Å². The lowest BCUT2D eigenvalue weighted by atomic mass is 10.2. The van der Waals surface area contributed by atoms with E-state index >= 15 is 0 Å². The zero-order chi connectivity index (χ0) is 78.6. The molecule has 566 valence electrons. The number of nitrogens with two attached hydrogens (primary N) is 2. The molecule has 1 saturated carbocycles. The number of imidazole rings is 4. The molecule has 16 aromatic rings. The lowest BCUT2D eigenvalue weighted by Crippen LogP contribution is -2.33. The predicted octanol–water partition coefficient (Wildman–Crippen LogP) is 15.3. The van der Waals surface area contributed by atoms with Crippen molar-refractivity contribution < 1.29 is 49.1 Å². The Morgan fingerprint density at radius 3 is 1.27 bits per heavy atom. The fraction of sp³-hybridized carbons (Fsp3) is 0.147. The molecule has 8 aromatic heterocycles. The fourth-order valence-electron chi connectivity index (χ4n) is 11.7. The van der Waals surface area contributed by atoms with E-state index in [1.54, 1.807) is 27.0 Å². The van der Waals surface area contributed by atoms with Gasteiger partial charge in [0.25, 0.3) is 24.0 Å². The normalized spacial score (nSPS) is 12.2. The molecule has 0 unspecified atom stereocenters. The molecule has 37 heteroatoms. The Hall–Kier alpha value is -14.6. The third kappa shape index (κ3) is 16.6. The van der Waals surface area contributed by atoms with Crippen LogP contribution in [0, 0.1) is 19.1 Å². The van der Waals surface area contributed by atoms with Gasteiger partial charge >= 0.3 is 24.5 Å². The van der Waals surface area contributed by atoms with Crippen molar-refractivity contribution in [1.29, 1.82) is 0 Å². The van der Waals surface area contributed by atoms with Gasteiger partial charge in [-0.05, 0) is 172 Å². The average Bonchev–Trinajstić information content (AvgIpc) is 1.60. The van der Waals surface area contributed by atoms with E-state index in [1.165, 1.54) is 36.4 Å². The molecule has 8 aromatic carbocycles. The summed E-state index contributed by atoms with van der Waals surface area (Å²) in [5.74, 6) is 6.41. The maximum Gasteiger partial charge on any atom is 0.416 e. The third-order valence-electron chi connectivity index (χ3n) is 17.1. The first-order chi connectivity index (χ1) is 53.8. The number of benzene rings is 8. The second-order valence-electron chi connectivity index (χ2n) is 24.9. The molecule has 0 bridgehead atoms. The van der Waals surface area contributed by atoms with Gasteiger partial charge in [0, 0.05) is 35.1 Å². The first-order valence-corrected chi connectivity index (χ1v) is 34.1. The Morgan fingerprint density at radius 1 is 0.438 bits per heavy atom. The molecular weight excluding hydrogens is 1470 g/mol. The minimum atomic E-state index is -4.42. The van der Waals surface area contributed by atoms with Gasteiger partial charge in [-0.15, -0.1) is 25.5 Å². The fourth-order valence-corrected chi connectivity index (χ4v) is 11.7. The van der Waals surface area contributed by atoms with Crippen molar-refractivity contribution in [2.75, 3.05) is 39.8 Å². The number of nitrogens with one attached hydrogen (secondary N) is 4. The van der Waals surface area contributed by atoms with Crippen molar-refractivity contribution in [1.82, 2.24) is 93.8 Å². The third-order valence-corrected chi connectivity index (χ3v) is 17.1. The summed E-state index contributed by atoms with van der Waals surface area (Å²) in [5.41, 5.74) is 18.1. The highest BCUT2D eigenvalue weighted by molar-refractivity contribution is 5.81. The SMILES string of the molecule is CCc1nc2ccccc2n1-c1nnc(N)c(Nc2ccc(C(F)(F)F)cc2)n1.COc1ccc(Nc2cnnc(-n3c(C)nc4ccccc43)n2)cc1.Cc1nc2ccccc2n1-c1nnc(N)c(Nc2ccc(C(F)(F)F)cc2)n1.[O-][n+]1cc(Nc2ccc(C(F)(F)F)cc2)nc(-n2c(C3CC3)nc3ccccc32)n1. The van der Waals surface area contributed by atoms with Crippen LogP contribution < -0.4 is 42.3 Å². The zero-order valence-corrected chi connectivity index (χ0v) is 59.1. The first kappa shape index (κ1) is 74.3. The van der Waals surface area contributed by atoms with Gasteiger partial charge in [0.2, 0.25) is 5.82 Å². The highest BCUT2D eigenvalue weighted by atomic mass is 19.4. The summed E-state index contributed by atoms with van der Waals surface area (Å²) in [6.07, 6.45) is -7.86. The summed E-state index contributed by atoms with van der Waals surface area (Å²) in [5, 5.41) is 52.2. The van der Waals surface area contributed by atoms with Crippen LogP contribution in [0.1, 0.15) is 65.7 Å². The first-order valence-electron chi connectivity index (χ1n) is 34.1. The van der Waals surface area contributed by atoms with Crippen molar-refractivity contribution >= 4 is 102 Å². The number of ether oxygens (including phenoxy) is 1. The van der Waals surface area contributed by atoms with Crippen molar-refractivity contribution in [2.45, 2.75) is 64.5 Å². The van der Waals surface area contributed by atoms with Gasteiger partial charge in [-0.3, -0.25) is 18.3 Å². The van der Waals surface area contributed by atoms with Crippen LogP contribution in [0.25, 0.3) is 67.9 Å². The Morgan fingerprint density at radius 2 is 0.821 bits per heavy atom. The standard InChI is InChI=1S/C20H15F3N6O.C19H16F3N7.C18H14F3N7.C18H16N6O/c21-20(22,23)13-7-9-14(10-8-13)24-17-11-28(30)27-19(26-17)29-16-4-2-1-3-15(16)25-18(29)12-5-6-12;1-2-15-25-13-5-3-4-6-14(13)29(15)18-26-17(16(23)27-28-18)24-12-9-7-11(8-10-12)19(20,21)22;1-10-23-13-4-2-3-5-14(13)28(10)17-25-16(15(22)26-27-17)24-12-8-6-11(7-9-12)18(19,20)21;1-12-20-15-5-3-4-6-16(15)24(12)18-22-17(11-19-23-18)21-13-7-9-14(25-2)10-8-13/h1-4,7-12H,5-6H2,(H,24,26,27);3-10H,2H2,1H3,(H2,23,27)(H,24,26,28);2-9H,1H3,(H2,22,26)(H,24,25,27);3-11H,1-2H3,(H,21,22,23). The summed E-state index contributed by atoms with van der Waals surface area (Å²) < 4.78 is 127. The van der Waals surface area contributed by atoms with E-state index < -0.39 is 35.2 Å². The van der Waals surface area contributed by atoms with E-state index in [-0.39, 0.29) is 52.9 Å². The number of nitrogen functional groups attached to an aromatic ring is 2. The Labute approximate surface area is 627 Å². The Bertz CT molecular complexity index is 6050. The summed E-state index contributed by atoms with van der Waals surface area (Å²) in [7, 11) is 1.64. The number of anilines is 10. The maximum atomic E-state index is 12.8. The van der Waals surface area contributed by atoms with Crippen molar-refractivity contribution in [3.05, 3.63) is 252 Å². The molecule has 8 heterocycles. The number of nitrogens with zero attached hydrogens (tertiary/aromatic N) is 20. The van der Waals surface area contributed by atoms with Crippen LogP contribution in [0.5, 0.6) is 5.75 Å². The minimum absolute atomic E-state index is 0.0192. The van der Waals surface area contributed by atoms with Crippen LogP contribution >= 0.6 is 0 Å². The van der Waals surface area contributed by atoms with Gasteiger partial charge in [-0.2, -0.15) is 64.5 Å². The van der Waals surface area contributed by atoms with Gasteiger partial charge in [-0.25, -0.2) is 19.9 Å². The lowest BCUT2D eigenvalue weighted by molar-refractivity contribution is -0.668. The lowest BCUT2D eigenvalue weighted by Gasteiger charge is -2.12. The molecule has 0 atom stereocenters. The minimum Gasteiger partial charge on any atom is -0.594 e. The van der Waals surface area contributed by atoms with Crippen LogP contribution in [0.3, 0.4) is 0 Å². The van der Waals surface area contributed by atoms with Crippen LogP contribution in [0.2, 0.25) is 0 Å². The smallest absolute Gasteiger partial charge is 0.416 e. The van der Waals surface area contributed by atoms with Crippen molar-refractivity contribution in [3.63, 3.8) is 0 Å². The van der Waals surface area contributed by atoms with Crippen molar-refractivity contribution in [3.8, 4) is 29.5 Å². The Balaban J connectivity index is 0.000000124. The molecule has 0 radical (unpaired) electrons. The summed E-state index contributed by atoms with van der Waals surface area (Å²) in [6.45, 7) is 5.69. The topological polar surface area (TPSA) is 349 Å². The summed E-state index contributed by atoms with van der Waals surface area (Å²) in [6, 6.07) is 51.6. The molecule has 8 N–H and O–H groups in total. The number of halogens is 9. The number of aromatic nitrogens is 20. The van der Waals surface area contributed by atoms with E-state index in [1.807, 2.05) is 147 Å². The van der Waals surface area contributed by atoms with Crippen LogP contribution in [0.4, 0.5) is 97.2 Å². The highest BCUT2D eigenvalue weighted by Gasteiger charge is 2.34. The number of alkyl halides is 9. The van der Waals surface area contributed by atoms with Gasteiger partial charge in [0.05, 0.1) is 79.2 Å². The highest BCUT2D eigenvalue weighted by Crippen LogP contribution is 2.42. The molecule has 1 aliphatic rings. The molecule has 0 saturated heterocycles.